The fourth-order valence-electron chi connectivity index (χ4n) is 2.57. The minimum Gasteiger partial charge on any atom is -0.497 e. The predicted molar refractivity (Wildman–Crippen MR) is 105 cm³/mol. The minimum absolute atomic E-state index is 0.314. The Morgan fingerprint density at radius 2 is 1.52 bits per heavy atom. The van der Waals surface area contributed by atoms with Crippen molar-refractivity contribution in [1.29, 1.82) is 0 Å². The minimum atomic E-state index is -0.314. The number of para-hydroxylation sites is 2. The first kappa shape index (κ1) is 18.3. The van der Waals surface area contributed by atoms with E-state index in [1.807, 2.05) is 43.3 Å². The van der Waals surface area contributed by atoms with E-state index in [-0.39, 0.29) is 5.91 Å². The average Bonchev–Trinajstić information content (AvgIpc) is 2.70. The van der Waals surface area contributed by atoms with E-state index in [1.165, 1.54) is 7.11 Å². The molecule has 0 aromatic heterocycles. The molecular formula is C22H21NO4. The van der Waals surface area contributed by atoms with Gasteiger partial charge in [-0.1, -0.05) is 29.8 Å². The molecule has 0 saturated heterocycles. The van der Waals surface area contributed by atoms with Crippen molar-refractivity contribution < 1.29 is 19.0 Å². The second-order valence-electron chi connectivity index (χ2n) is 5.93. The standard InChI is InChI=1S/C22H21NO4/c1-15-8-10-16(11-9-15)27-21-7-5-4-6-19(21)23-22(24)18-14-17(25-2)12-13-20(18)26-3/h4-14H,1-3H3,(H,23,24). The van der Waals surface area contributed by atoms with Crippen LogP contribution in [0.2, 0.25) is 0 Å². The molecule has 5 heteroatoms. The zero-order valence-corrected chi connectivity index (χ0v) is 15.5. The molecule has 0 unspecified atom stereocenters. The van der Waals surface area contributed by atoms with Gasteiger partial charge in [0.15, 0.2) is 5.75 Å². The molecular weight excluding hydrogens is 342 g/mol. The Morgan fingerprint density at radius 3 is 2.22 bits per heavy atom. The van der Waals surface area contributed by atoms with E-state index in [0.717, 1.165) is 5.56 Å². The number of benzene rings is 3. The Hall–Kier alpha value is -3.47. The van der Waals surface area contributed by atoms with Crippen LogP contribution in [0.25, 0.3) is 0 Å². The number of nitrogens with one attached hydrogen (secondary N) is 1. The van der Waals surface area contributed by atoms with Crippen LogP contribution in [0.3, 0.4) is 0 Å². The molecule has 0 fully saturated rings. The lowest BCUT2D eigenvalue weighted by molar-refractivity contribution is 0.102. The molecule has 0 heterocycles. The number of carbonyl (C=O) groups is 1. The Balaban J connectivity index is 1.86. The van der Waals surface area contributed by atoms with Gasteiger partial charge in [-0.3, -0.25) is 4.79 Å². The highest BCUT2D eigenvalue weighted by molar-refractivity contribution is 6.07. The number of methoxy groups -OCH3 is 2. The Bertz CT molecular complexity index is 935. The van der Waals surface area contributed by atoms with Crippen LogP contribution in [0.15, 0.2) is 66.7 Å². The molecule has 1 amide bonds. The zero-order chi connectivity index (χ0) is 19.2. The lowest BCUT2D eigenvalue weighted by atomic mass is 10.1. The van der Waals surface area contributed by atoms with Crippen LogP contribution in [-0.2, 0) is 0 Å². The summed E-state index contributed by atoms with van der Waals surface area (Å²) in [4.78, 5) is 12.8. The molecule has 0 saturated carbocycles. The summed E-state index contributed by atoms with van der Waals surface area (Å²) in [5, 5.41) is 2.88. The maximum Gasteiger partial charge on any atom is 0.259 e. The molecule has 0 aliphatic heterocycles. The number of aryl methyl sites for hydroxylation is 1. The third-order valence-electron chi connectivity index (χ3n) is 4.04. The first-order valence-corrected chi connectivity index (χ1v) is 8.47. The Morgan fingerprint density at radius 1 is 0.815 bits per heavy atom. The van der Waals surface area contributed by atoms with Crippen molar-refractivity contribution in [3.05, 3.63) is 77.9 Å². The lowest BCUT2D eigenvalue weighted by Gasteiger charge is -2.14. The molecule has 27 heavy (non-hydrogen) atoms. The van der Waals surface area contributed by atoms with Gasteiger partial charge in [-0.15, -0.1) is 0 Å². The van der Waals surface area contributed by atoms with Crippen LogP contribution >= 0.6 is 0 Å². The Labute approximate surface area is 158 Å². The van der Waals surface area contributed by atoms with Crippen molar-refractivity contribution in [2.24, 2.45) is 0 Å². The van der Waals surface area contributed by atoms with E-state index in [2.05, 4.69) is 5.32 Å². The van der Waals surface area contributed by atoms with Crippen LogP contribution in [0, 0.1) is 6.92 Å². The van der Waals surface area contributed by atoms with Gasteiger partial charge < -0.3 is 19.5 Å². The third-order valence-corrected chi connectivity index (χ3v) is 4.04. The number of anilines is 1. The van der Waals surface area contributed by atoms with Crippen molar-refractivity contribution in [3.8, 4) is 23.0 Å². The van der Waals surface area contributed by atoms with Gasteiger partial charge in [0.25, 0.3) is 5.91 Å². The molecule has 0 aliphatic rings. The molecule has 3 aromatic carbocycles. The normalized spacial score (nSPS) is 10.2. The summed E-state index contributed by atoms with van der Waals surface area (Å²) < 4.78 is 16.4. The SMILES string of the molecule is COc1ccc(OC)c(C(=O)Nc2ccccc2Oc2ccc(C)cc2)c1. The van der Waals surface area contributed by atoms with Crippen molar-refractivity contribution >= 4 is 11.6 Å². The van der Waals surface area contributed by atoms with Crippen LogP contribution in [0.1, 0.15) is 15.9 Å². The van der Waals surface area contributed by atoms with Crippen LogP contribution in [0.4, 0.5) is 5.69 Å². The Kier molecular flexibility index (Phi) is 5.61. The molecule has 0 aliphatic carbocycles. The highest BCUT2D eigenvalue weighted by Crippen LogP contribution is 2.31. The maximum atomic E-state index is 12.8. The predicted octanol–water partition coefficient (Wildman–Crippen LogP) is 5.06. The van der Waals surface area contributed by atoms with E-state index < -0.39 is 0 Å². The summed E-state index contributed by atoms with van der Waals surface area (Å²) in [6, 6.07) is 20.1. The fourth-order valence-corrected chi connectivity index (χ4v) is 2.57. The van der Waals surface area contributed by atoms with E-state index in [1.54, 1.807) is 37.4 Å². The molecule has 0 bridgehead atoms. The average molecular weight is 363 g/mol. The lowest BCUT2D eigenvalue weighted by Crippen LogP contribution is -2.14. The van der Waals surface area contributed by atoms with Gasteiger partial charge in [0.05, 0.1) is 25.5 Å². The maximum absolute atomic E-state index is 12.8. The van der Waals surface area contributed by atoms with Crippen LogP contribution in [-0.4, -0.2) is 20.1 Å². The van der Waals surface area contributed by atoms with E-state index in [4.69, 9.17) is 14.2 Å². The highest BCUT2D eigenvalue weighted by Gasteiger charge is 2.16. The van der Waals surface area contributed by atoms with Crippen molar-refractivity contribution in [3.63, 3.8) is 0 Å². The van der Waals surface area contributed by atoms with Gasteiger partial charge in [-0.2, -0.15) is 0 Å². The van der Waals surface area contributed by atoms with Gasteiger partial charge >= 0.3 is 0 Å². The second-order valence-corrected chi connectivity index (χ2v) is 5.93. The first-order valence-electron chi connectivity index (χ1n) is 8.47. The number of carbonyl (C=O) groups excluding carboxylic acids is 1. The monoisotopic (exact) mass is 363 g/mol. The summed E-state index contributed by atoms with van der Waals surface area (Å²) in [5.74, 6) is 1.97. The highest BCUT2D eigenvalue weighted by atomic mass is 16.5. The van der Waals surface area contributed by atoms with E-state index in [0.29, 0.717) is 34.2 Å². The van der Waals surface area contributed by atoms with Gasteiger partial charge in [0, 0.05) is 0 Å². The number of hydrogen-bond acceptors (Lipinski definition) is 4. The van der Waals surface area contributed by atoms with Gasteiger partial charge in [0.2, 0.25) is 0 Å². The zero-order valence-electron chi connectivity index (χ0n) is 15.5. The fraction of sp³-hybridized carbons (Fsp3) is 0.136. The van der Waals surface area contributed by atoms with Gasteiger partial charge in [-0.05, 0) is 49.4 Å². The van der Waals surface area contributed by atoms with Crippen molar-refractivity contribution in [1.82, 2.24) is 0 Å². The molecule has 3 rings (SSSR count). The number of amides is 1. The van der Waals surface area contributed by atoms with Gasteiger partial charge in [-0.25, -0.2) is 0 Å². The molecule has 3 aromatic rings. The third kappa shape index (κ3) is 4.39. The molecule has 1 N–H and O–H groups in total. The largest absolute Gasteiger partial charge is 0.497 e. The molecule has 138 valence electrons. The summed E-state index contributed by atoms with van der Waals surface area (Å²) in [6.45, 7) is 2.01. The summed E-state index contributed by atoms with van der Waals surface area (Å²) in [7, 11) is 3.07. The van der Waals surface area contributed by atoms with Crippen molar-refractivity contribution in [2.45, 2.75) is 6.92 Å². The summed E-state index contributed by atoms with van der Waals surface area (Å²) in [5.41, 5.74) is 2.09. The van der Waals surface area contributed by atoms with Crippen molar-refractivity contribution in [2.75, 3.05) is 19.5 Å². The molecule has 0 spiro atoms. The summed E-state index contributed by atoms with van der Waals surface area (Å²) in [6.07, 6.45) is 0. The number of ether oxygens (including phenoxy) is 3. The second kappa shape index (κ2) is 8.27. The van der Waals surface area contributed by atoms with E-state index >= 15 is 0 Å². The molecule has 0 atom stereocenters. The number of rotatable bonds is 6. The quantitative estimate of drug-likeness (QED) is 0.665. The topological polar surface area (TPSA) is 56.8 Å². The number of hydrogen-bond donors (Lipinski definition) is 1. The smallest absolute Gasteiger partial charge is 0.259 e. The van der Waals surface area contributed by atoms with E-state index in [9.17, 15) is 4.79 Å². The van der Waals surface area contributed by atoms with Crippen LogP contribution < -0.4 is 19.5 Å². The van der Waals surface area contributed by atoms with Crippen LogP contribution in [0.5, 0.6) is 23.0 Å². The molecule has 0 radical (unpaired) electrons. The van der Waals surface area contributed by atoms with Gasteiger partial charge in [0.1, 0.15) is 17.2 Å². The summed E-state index contributed by atoms with van der Waals surface area (Å²) >= 11 is 0. The molecule has 5 nitrogen and oxygen atoms in total. The first-order chi connectivity index (χ1) is 13.1.